The summed E-state index contributed by atoms with van der Waals surface area (Å²) in [6, 6.07) is 0.933. The molecule has 0 aliphatic carbocycles. The summed E-state index contributed by atoms with van der Waals surface area (Å²) < 4.78 is 37.8. The molecule has 4 nitrogen and oxygen atoms in total. The van der Waals surface area contributed by atoms with Gasteiger partial charge in [-0.15, -0.1) is 0 Å². The minimum absolute atomic E-state index is 0.214. The van der Waals surface area contributed by atoms with Gasteiger partial charge >= 0.3 is 6.18 Å². The third kappa shape index (κ3) is 3.75. The first kappa shape index (κ1) is 14.5. The largest absolute Gasteiger partial charge is 0.433 e. The smallest absolute Gasteiger partial charge is 0.368 e. The van der Waals surface area contributed by atoms with Gasteiger partial charge in [-0.3, -0.25) is 0 Å². The van der Waals surface area contributed by atoms with E-state index in [0.717, 1.165) is 6.07 Å². The molecule has 0 saturated carbocycles. The van der Waals surface area contributed by atoms with Crippen LogP contribution in [-0.2, 0) is 6.18 Å². The highest BCUT2D eigenvalue weighted by molar-refractivity contribution is 5.44. The second-order valence-electron chi connectivity index (χ2n) is 4.40. The highest BCUT2D eigenvalue weighted by atomic mass is 19.4. The predicted octanol–water partition coefficient (Wildman–Crippen LogP) is 2.56. The Morgan fingerprint density at radius 2 is 1.94 bits per heavy atom. The van der Waals surface area contributed by atoms with E-state index in [1.807, 2.05) is 20.8 Å². The normalized spacial score (nSPS) is 11.9. The standard InChI is InChI=1S/C11H17F3N4/c1-4-18(6-7(2)3)9-5-8(11(12,13)14)16-10(15)17-9/h5,7H,4,6H2,1-3H3,(H2,15,16,17). The molecule has 0 radical (unpaired) electrons. The molecule has 0 aliphatic rings. The second-order valence-corrected chi connectivity index (χ2v) is 4.40. The summed E-state index contributed by atoms with van der Waals surface area (Å²) in [7, 11) is 0. The first-order chi connectivity index (χ1) is 8.24. The Balaban J connectivity index is 3.11. The number of alkyl halides is 3. The monoisotopic (exact) mass is 262 g/mol. The van der Waals surface area contributed by atoms with Crippen LogP contribution in [0, 0.1) is 5.92 Å². The van der Waals surface area contributed by atoms with Gasteiger partial charge < -0.3 is 10.6 Å². The first-order valence-corrected chi connectivity index (χ1v) is 5.70. The molecule has 1 aromatic heterocycles. The van der Waals surface area contributed by atoms with Crippen molar-refractivity contribution in [3.63, 3.8) is 0 Å². The zero-order valence-corrected chi connectivity index (χ0v) is 10.6. The molecule has 0 atom stereocenters. The lowest BCUT2D eigenvalue weighted by Crippen LogP contribution is -2.29. The molecule has 1 aromatic rings. The van der Waals surface area contributed by atoms with Crippen molar-refractivity contribution in [3.8, 4) is 0 Å². The average molecular weight is 262 g/mol. The Kier molecular flexibility index (Phi) is 4.37. The number of nitrogens with zero attached hydrogens (tertiary/aromatic N) is 3. The number of hydrogen-bond acceptors (Lipinski definition) is 4. The highest BCUT2D eigenvalue weighted by Crippen LogP contribution is 2.30. The molecule has 7 heteroatoms. The maximum absolute atomic E-state index is 12.6. The molecular formula is C11H17F3N4. The zero-order valence-electron chi connectivity index (χ0n) is 10.6. The number of anilines is 2. The number of nitrogen functional groups attached to an aromatic ring is 1. The van der Waals surface area contributed by atoms with E-state index in [9.17, 15) is 13.2 Å². The van der Waals surface area contributed by atoms with E-state index in [4.69, 9.17) is 5.73 Å². The summed E-state index contributed by atoms with van der Waals surface area (Å²) in [5, 5.41) is 0. The molecule has 1 rings (SSSR count). The minimum atomic E-state index is -4.51. The van der Waals surface area contributed by atoms with Crippen LogP contribution in [0.15, 0.2) is 6.07 Å². The van der Waals surface area contributed by atoms with Crippen LogP contribution >= 0.6 is 0 Å². The van der Waals surface area contributed by atoms with Crippen LogP contribution in [0.4, 0.5) is 24.9 Å². The molecule has 0 saturated heterocycles. The van der Waals surface area contributed by atoms with Gasteiger partial charge in [-0.25, -0.2) is 4.98 Å². The van der Waals surface area contributed by atoms with Gasteiger partial charge in [-0.05, 0) is 12.8 Å². The number of nitrogens with two attached hydrogens (primary N) is 1. The average Bonchev–Trinajstić information content (AvgIpc) is 2.23. The lowest BCUT2D eigenvalue weighted by molar-refractivity contribution is -0.141. The molecule has 0 bridgehead atoms. The third-order valence-electron chi connectivity index (χ3n) is 2.31. The molecule has 0 aromatic carbocycles. The van der Waals surface area contributed by atoms with E-state index in [1.54, 1.807) is 4.90 Å². The molecule has 2 N–H and O–H groups in total. The molecule has 0 amide bonds. The molecule has 0 spiro atoms. The third-order valence-corrected chi connectivity index (χ3v) is 2.31. The van der Waals surface area contributed by atoms with Crippen molar-refractivity contribution >= 4 is 11.8 Å². The van der Waals surface area contributed by atoms with E-state index in [-0.39, 0.29) is 11.8 Å². The summed E-state index contributed by atoms with van der Waals surface area (Å²) in [6.07, 6.45) is -4.51. The zero-order chi connectivity index (χ0) is 13.9. The van der Waals surface area contributed by atoms with Gasteiger partial charge in [0.05, 0.1) is 0 Å². The molecule has 18 heavy (non-hydrogen) atoms. The number of halogens is 3. The maximum Gasteiger partial charge on any atom is 0.433 e. The molecule has 0 fully saturated rings. The lowest BCUT2D eigenvalue weighted by Gasteiger charge is -2.24. The quantitative estimate of drug-likeness (QED) is 0.906. The van der Waals surface area contributed by atoms with Crippen molar-refractivity contribution in [3.05, 3.63) is 11.8 Å². The van der Waals surface area contributed by atoms with Crippen molar-refractivity contribution in [2.24, 2.45) is 5.92 Å². The minimum Gasteiger partial charge on any atom is -0.368 e. The summed E-state index contributed by atoms with van der Waals surface area (Å²) in [6.45, 7) is 7.00. The molecule has 0 aliphatic heterocycles. The van der Waals surface area contributed by atoms with Crippen molar-refractivity contribution in [1.29, 1.82) is 0 Å². The molecular weight excluding hydrogens is 245 g/mol. The van der Waals surface area contributed by atoms with Gasteiger partial charge in [0.15, 0.2) is 5.69 Å². The number of rotatable bonds is 4. The SMILES string of the molecule is CCN(CC(C)C)c1cc(C(F)(F)F)nc(N)n1. The lowest BCUT2D eigenvalue weighted by atomic mass is 10.2. The predicted molar refractivity (Wildman–Crippen MR) is 64.2 cm³/mol. The van der Waals surface area contributed by atoms with Crippen molar-refractivity contribution < 1.29 is 13.2 Å². The summed E-state index contributed by atoms with van der Waals surface area (Å²) in [5.41, 5.74) is 4.32. The van der Waals surface area contributed by atoms with Crippen LogP contribution in [-0.4, -0.2) is 23.1 Å². The summed E-state index contributed by atoms with van der Waals surface area (Å²) in [5.74, 6) is 0.170. The van der Waals surface area contributed by atoms with Crippen LogP contribution in [0.1, 0.15) is 26.5 Å². The van der Waals surface area contributed by atoms with E-state index in [2.05, 4.69) is 9.97 Å². The summed E-state index contributed by atoms with van der Waals surface area (Å²) in [4.78, 5) is 8.83. The Hall–Kier alpha value is -1.53. The van der Waals surface area contributed by atoms with Crippen LogP contribution in [0.3, 0.4) is 0 Å². The van der Waals surface area contributed by atoms with Gasteiger partial charge in [0, 0.05) is 19.2 Å². The van der Waals surface area contributed by atoms with Crippen LogP contribution in [0.25, 0.3) is 0 Å². The van der Waals surface area contributed by atoms with Crippen molar-refractivity contribution in [2.45, 2.75) is 26.9 Å². The van der Waals surface area contributed by atoms with Gasteiger partial charge in [-0.1, -0.05) is 13.8 Å². The highest BCUT2D eigenvalue weighted by Gasteiger charge is 2.34. The summed E-state index contributed by atoms with van der Waals surface area (Å²) >= 11 is 0. The van der Waals surface area contributed by atoms with Crippen molar-refractivity contribution in [2.75, 3.05) is 23.7 Å². The van der Waals surface area contributed by atoms with Gasteiger partial charge in [0.2, 0.25) is 5.95 Å². The van der Waals surface area contributed by atoms with Crippen LogP contribution in [0.5, 0.6) is 0 Å². The molecule has 1 heterocycles. The van der Waals surface area contributed by atoms with Gasteiger partial charge in [0.1, 0.15) is 5.82 Å². The fourth-order valence-corrected chi connectivity index (χ4v) is 1.59. The second kappa shape index (κ2) is 5.41. The fourth-order valence-electron chi connectivity index (χ4n) is 1.59. The van der Waals surface area contributed by atoms with E-state index in [1.165, 1.54) is 0 Å². The molecule has 102 valence electrons. The van der Waals surface area contributed by atoms with E-state index < -0.39 is 11.9 Å². The van der Waals surface area contributed by atoms with E-state index >= 15 is 0 Å². The van der Waals surface area contributed by atoms with Crippen LogP contribution in [0.2, 0.25) is 0 Å². The first-order valence-electron chi connectivity index (χ1n) is 5.70. The number of aromatic nitrogens is 2. The maximum atomic E-state index is 12.6. The topological polar surface area (TPSA) is 55.0 Å². The number of hydrogen-bond donors (Lipinski definition) is 1. The Bertz CT molecular complexity index is 404. The van der Waals surface area contributed by atoms with Crippen LogP contribution < -0.4 is 10.6 Å². The molecule has 0 unspecified atom stereocenters. The van der Waals surface area contributed by atoms with Gasteiger partial charge in [0.25, 0.3) is 0 Å². The Morgan fingerprint density at radius 3 is 2.39 bits per heavy atom. The fraction of sp³-hybridized carbons (Fsp3) is 0.636. The van der Waals surface area contributed by atoms with Gasteiger partial charge in [-0.2, -0.15) is 18.2 Å². The van der Waals surface area contributed by atoms with Crippen molar-refractivity contribution in [1.82, 2.24) is 9.97 Å². The van der Waals surface area contributed by atoms with E-state index in [0.29, 0.717) is 19.0 Å². The Labute approximate surface area is 104 Å². The Morgan fingerprint density at radius 1 is 1.33 bits per heavy atom.